The van der Waals surface area contributed by atoms with Gasteiger partial charge in [0, 0.05) is 37.8 Å². The first kappa shape index (κ1) is 22.7. The van der Waals surface area contributed by atoms with Crippen LogP contribution in [0.3, 0.4) is 0 Å². The molecule has 1 heterocycles. The van der Waals surface area contributed by atoms with Gasteiger partial charge in [-0.1, -0.05) is 45.4 Å². The third-order valence-corrected chi connectivity index (χ3v) is 5.25. The molecule has 1 aromatic carbocycles. The number of carbonyl (C=O) groups excluding carboxylic acids is 3. The summed E-state index contributed by atoms with van der Waals surface area (Å²) in [6.07, 6.45) is 2.44. The molecule has 2 atom stereocenters. The molecule has 1 aromatic rings. The highest BCUT2D eigenvalue weighted by molar-refractivity contribution is 5.94. The average Bonchev–Trinajstić information content (AvgIpc) is 2.70. The van der Waals surface area contributed by atoms with Crippen LogP contribution in [0.5, 0.6) is 0 Å². The Morgan fingerprint density at radius 1 is 1.14 bits per heavy atom. The van der Waals surface area contributed by atoms with Crippen LogP contribution in [-0.4, -0.2) is 59.4 Å². The predicted molar refractivity (Wildman–Crippen MR) is 115 cm³/mol. The predicted octanol–water partition coefficient (Wildman–Crippen LogP) is 3.08. The normalized spacial score (nSPS) is 17.8. The molecule has 2 N–H and O–H groups in total. The molecule has 0 bridgehead atoms. The smallest absolute Gasteiger partial charge is 0.319 e. The number of benzene rings is 1. The molecule has 0 saturated carbocycles. The lowest BCUT2D eigenvalue weighted by Gasteiger charge is -2.41. The molecule has 0 aromatic heterocycles. The molecule has 29 heavy (non-hydrogen) atoms. The number of para-hydroxylation sites is 1. The fourth-order valence-electron chi connectivity index (χ4n) is 3.54. The number of nitrogens with one attached hydrogen (secondary N) is 2. The Labute approximate surface area is 173 Å². The third kappa shape index (κ3) is 6.48. The van der Waals surface area contributed by atoms with Crippen molar-refractivity contribution in [2.24, 2.45) is 5.92 Å². The molecule has 2 rings (SSSR count). The summed E-state index contributed by atoms with van der Waals surface area (Å²) in [6.45, 7) is 9.40. The zero-order valence-electron chi connectivity index (χ0n) is 18.0. The molecule has 0 aliphatic carbocycles. The van der Waals surface area contributed by atoms with Crippen molar-refractivity contribution in [1.29, 1.82) is 0 Å². The first-order chi connectivity index (χ1) is 13.8. The number of hydrogen-bond donors (Lipinski definition) is 2. The van der Waals surface area contributed by atoms with Crippen LogP contribution in [0.1, 0.15) is 47.0 Å². The van der Waals surface area contributed by atoms with Gasteiger partial charge >= 0.3 is 6.03 Å². The summed E-state index contributed by atoms with van der Waals surface area (Å²) in [5.74, 6) is 0.00601. The number of rotatable bonds is 7. The number of piperazine rings is 1. The van der Waals surface area contributed by atoms with E-state index < -0.39 is 12.1 Å². The highest BCUT2D eigenvalue weighted by atomic mass is 16.2. The minimum Gasteiger partial charge on any atom is -0.337 e. The fraction of sp³-hybridized carbons (Fsp3) is 0.591. The molecule has 7 heteroatoms. The fourth-order valence-corrected chi connectivity index (χ4v) is 3.54. The summed E-state index contributed by atoms with van der Waals surface area (Å²) in [6, 6.07) is 8.09. The number of amides is 4. The van der Waals surface area contributed by atoms with Crippen LogP contribution in [0.2, 0.25) is 0 Å². The van der Waals surface area contributed by atoms with Gasteiger partial charge in [-0.05, 0) is 31.4 Å². The summed E-state index contributed by atoms with van der Waals surface area (Å²) < 4.78 is 0. The Hall–Kier alpha value is -2.57. The second-order valence-electron chi connectivity index (χ2n) is 8.01. The van der Waals surface area contributed by atoms with Gasteiger partial charge in [0.25, 0.3) is 0 Å². The van der Waals surface area contributed by atoms with Crippen molar-refractivity contribution in [2.75, 3.05) is 25.0 Å². The van der Waals surface area contributed by atoms with Gasteiger partial charge in [-0.2, -0.15) is 0 Å². The van der Waals surface area contributed by atoms with E-state index in [0.717, 1.165) is 12.8 Å². The zero-order valence-corrected chi connectivity index (χ0v) is 18.0. The number of hydrogen-bond acceptors (Lipinski definition) is 3. The van der Waals surface area contributed by atoms with Crippen molar-refractivity contribution in [3.05, 3.63) is 30.3 Å². The van der Waals surface area contributed by atoms with E-state index in [4.69, 9.17) is 0 Å². The van der Waals surface area contributed by atoms with Gasteiger partial charge in [-0.15, -0.1) is 0 Å². The van der Waals surface area contributed by atoms with E-state index in [0.29, 0.717) is 31.7 Å². The Bertz CT molecular complexity index is 693. The van der Waals surface area contributed by atoms with Crippen molar-refractivity contribution < 1.29 is 14.4 Å². The van der Waals surface area contributed by atoms with E-state index in [-0.39, 0.29) is 23.8 Å². The maximum absolute atomic E-state index is 13.1. The number of carbonyl (C=O) groups is 3. The van der Waals surface area contributed by atoms with Crippen LogP contribution < -0.4 is 10.6 Å². The van der Waals surface area contributed by atoms with Crippen LogP contribution in [0.15, 0.2) is 30.3 Å². The van der Waals surface area contributed by atoms with Gasteiger partial charge in [0.2, 0.25) is 11.8 Å². The topological polar surface area (TPSA) is 81.8 Å². The Balaban J connectivity index is 1.95. The SMILES string of the molecule is CCCCC(=O)N1CCN(C(=O)C(NC(=O)Nc2ccccc2)C(C)C)CC1C. The molecule has 2 unspecified atom stereocenters. The van der Waals surface area contributed by atoms with Gasteiger partial charge in [-0.25, -0.2) is 4.79 Å². The Morgan fingerprint density at radius 2 is 1.83 bits per heavy atom. The van der Waals surface area contributed by atoms with Crippen LogP contribution in [0, 0.1) is 5.92 Å². The van der Waals surface area contributed by atoms with Gasteiger partial charge in [0.15, 0.2) is 0 Å². The lowest BCUT2D eigenvalue weighted by Crippen LogP contribution is -2.60. The van der Waals surface area contributed by atoms with Crippen molar-refractivity contribution >= 4 is 23.5 Å². The molecule has 1 saturated heterocycles. The molecule has 1 aliphatic rings. The minimum atomic E-state index is -0.617. The standard InChI is InChI=1S/C22H34N4O3/c1-5-6-12-19(27)26-14-13-25(15-17(26)4)21(28)20(16(2)3)24-22(29)23-18-10-8-7-9-11-18/h7-11,16-17,20H,5-6,12-15H2,1-4H3,(H2,23,24,29). The molecule has 4 amide bonds. The summed E-state index contributed by atoms with van der Waals surface area (Å²) in [5.41, 5.74) is 0.674. The van der Waals surface area contributed by atoms with E-state index in [1.807, 2.05) is 43.9 Å². The minimum absolute atomic E-state index is 0.0250. The maximum atomic E-state index is 13.1. The second kappa shape index (κ2) is 10.8. The van der Waals surface area contributed by atoms with Crippen LogP contribution >= 0.6 is 0 Å². The molecular formula is C22H34N4O3. The van der Waals surface area contributed by atoms with Gasteiger partial charge in [0.05, 0.1) is 0 Å². The Kier molecular flexibility index (Phi) is 8.49. The third-order valence-electron chi connectivity index (χ3n) is 5.25. The number of anilines is 1. The highest BCUT2D eigenvalue weighted by Gasteiger charge is 2.34. The molecular weight excluding hydrogens is 368 g/mol. The van der Waals surface area contributed by atoms with Crippen molar-refractivity contribution in [3.8, 4) is 0 Å². The highest BCUT2D eigenvalue weighted by Crippen LogP contribution is 2.16. The van der Waals surface area contributed by atoms with Gasteiger partial charge in [0.1, 0.15) is 6.04 Å². The van der Waals surface area contributed by atoms with E-state index in [1.54, 1.807) is 17.0 Å². The molecule has 0 radical (unpaired) electrons. The monoisotopic (exact) mass is 402 g/mol. The molecule has 0 spiro atoms. The number of urea groups is 1. The van der Waals surface area contributed by atoms with Crippen molar-refractivity contribution in [1.82, 2.24) is 15.1 Å². The summed E-state index contributed by atoms with van der Waals surface area (Å²) >= 11 is 0. The number of nitrogens with zero attached hydrogens (tertiary/aromatic N) is 2. The lowest BCUT2D eigenvalue weighted by molar-refractivity contribution is -0.144. The summed E-state index contributed by atoms with van der Waals surface area (Å²) in [7, 11) is 0. The molecule has 160 valence electrons. The van der Waals surface area contributed by atoms with E-state index in [1.165, 1.54) is 0 Å². The average molecular weight is 403 g/mol. The van der Waals surface area contributed by atoms with Gasteiger partial charge in [-0.3, -0.25) is 9.59 Å². The van der Waals surface area contributed by atoms with E-state index in [2.05, 4.69) is 17.6 Å². The van der Waals surface area contributed by atoms with E-state index >= 15 is 0 Å². The van der Waals surface area contributed by atoms with Crippen molar-refractivity contribution in [3.63, 3.8) is 0 Å². The molecule has 7 nitrogen and oxygen atoms in total. The maximum Gasteiger partial charge on any atom is 0.319 e. The second-order valence-corrected chi connectivity index (χ2v) is 8.01. The summed E-state index contributed by atoms with van der Waals surface area (Å²) in [4.78, 5) is 41.5. The van der Waals surface area contributed by atoms with Crippen LogP contribution in [0.25, 0.3) is 0 Å². The largest absolute Gasteiger partial charge is 0.337 e. The first-order valence-electron chi connectivity index (χ1n) is 10.5. The summed E-state index contributed by atoms with van der Waals surface area (Å²) in [5, 5.41) is 5.58. The lowest BCUT2D eigenvalue weighted by atomic mass is 10.0. The van der Waals surface area contributed by atoms with E-state index in [9.17, 15) is 14.4 Å². The first-order valence-corrected chi connectivity index (χ1v) is 10.5. The zero-order chi connectivity index (χ0) is 21.4. The van der Waals surface area contributed by atoms with Crippen molar-refractivity contribution in [2.45, 2.75) is 59.0 Å². The molecule has 1 fully saturated rings. The molecule has 1 aliphatic heterocycles. The van der Waals surface area contributed by atoms with Gasteiger partial charge < -0.3 is 20.4 Å². The quantitative estimate of drug-likeness (QED) is 0.735. The number of unbranched alkanes of at least 4 members (excludes halogenated alkanes) is 1. The van der Waals surface area contributed by atoms with Crippen LogP contribution in [-0.2, 0) is 9.59 Å². The van der Waals surface area contributed by atoms with Crippen LogP contribution in [0.4, 0.5) is 10.5 Å². The Morgan fingerprint density at radius 3 is 2.41 bits per heavy atom.